The molecule has 0 atom stereocenters. The Labute approximate surface area is 62.7 Å². The van der Waals surface area contributed by atoms with Crippen molar-refractivity contribution in [1.82, 2.24) is 0 Å². The summed E-state index contributed by atoms with van der Waals surface area (Å²) in [5.41, 5.74) is 0.786. The highest BCUT2D eigenvalue weighted by Crippen LogP contribution is 1.90. The van der Waals surface area contributed by atoms with Crippen LogP contribution in [0.5, 0.6) is 0 Å². The minimum atomic E-state index is 0.384. The molecule has 1 N–H and O–H groups in total. The first kappa shape index (κ1) is 8.97. The molecule has 54 valence electrons. The molecule has 0 aromatic rings. The fourth-order valence-corrected chi connectivity index (χ4v) is 0.419. The lowest BCUT2D eigenvalue weighted by atomic mass is 10.2. The Hall–Kier alpha value is -1.03. The van der Waals surface area contributed by atoms with Gasteiger partial charge in [0, 0.05) is 17.7 Å². The Bertz CT molecular complexity index is 189. The third kappa shape index (κ3) is 3.91. The monoisotopic (exact) mass is 135 g/mol. The molecule has 0 aromatic heterocycles. The maximum Gasteiger partial charge on any atom is 0.0378 e. The van der Waals surface area contributed by atoms with E-state index in [0.29, 0.717) is 5.92 Å². The van der Waals surface area contributed by atoms with Crippen LogP contribution in [0.3, 0.4) is 0 Å². The second kappa shape index (κ2) is 4.81. The van der Waals surface area contributed by atoms with Crippen molar-refractivity contribution in [2.45, 2.75) is 20.8 Å². The van der Waals surface area contributed by atoms with Crippen molar-refractivity contribution in [2.24, 2.45) is 5.92 Å². The molecule has 0 saturated carbocycles. The van der Waals surface area contributed by atoms with Crippen LogP contribution < -0.4 is 0 Å². The first-order valence-electron chi connectivity index (χ1n) is 3.39. The van der Waals surface area contributed by atoms with Crippen LogP contribution in [-0.2, 0) is 0 Å². The molecule has 0 bridgehead atoms. The second-order valence-electron chi connectivity index (χ2n) is 2.31. The Morgan fingerprint density at radius 3 is 2.40 bits per heavy atom. The van der Waals surface area contributed by atoms with E-state index in [1.807, 2.05) is 26.8 Å². The molecule has 0 aliphatic rings. The van der Waals surface area contributed by atoms with Gasteiger partial charge < -0.3 is 5.41 Å². The van der Waals surface area contributed by atoms with Crippen LogP contribution in [0.4, 0.5) is 0 Å². The fourth-order valence-electron chi connectivity index (χ4n) is 0.419. The van der Waals surface area contributed by atoms with Crippen molar-refractivity contribution in [3.8, 4) is 11.8 Å². The molecule has 0 aromatic carbocycles. The van der Waals surface area contributed by atoms with Crippen molar-refractivity contribution < 1.29 is 0 Å². The zero-order valence-electron chi connectivity index (χ0n) is 6.73. The molecule has 0 amide bonds. The number of hydrogen-bond acceptors (Lipinski definition) is 1. The zero-order valence-corrected chi connectivity index (χ0v) is 6.73. The molecule has 10 heavy (non-hydrogen) atoms. The Kier molecular flexibility index (Phi) is 4.32. The van der Waals surface area contributed by atoms with E-state index < -0.39 is 0 Å². The van der Waals surface area contributed by atoms with Gasteiger partial charge in [-0.2, -0.15) is 0 Å². The maximum absolute atomic E-state index is 6.91. The summed E-state index contributed by atoms with van der Waals surface area (Å²) in [4.78, 5) is 0. The van der Waals surface area contributed by atoms with Gasteiger partial charge in [0.1, 0.15) is 0 Å². The van der Waals surface area contributed by atoms with Gasteiger partial charge in [0.25, 0.3) is 0 Å². The summed E-state index contributed by atoms with van der Waals surface area (Å²) in [7, 11) is 0. The molecular formula is C9H13N. The third-order valence-electron chi connectivity index (χ3n) is 0.972. The van der Waals surface area contributed by atoms with E-state index in [1.165, 1.54) is 6.21 Å². The topological polar surface area (TPSA) is 23.9 Å². The lowest BCUT2D eigenvalue weighted by Gasteiger charge is -1.87. The van der Waals surface area contributed by atoms with Crippen molar-refractivity contribution in [3.63, 3.8) is 0 Å². The van der Waals surface area contributed by atoms with E-state index in [1.54, 1.807) is 0 Å². The van der Waals surface area contributed by atoms with Gasteiger partial charge in [-0.15, -0.1) is 0 Å². The van der Waals surface area contributed by atoms with Crippen LogP contribution in [0.1, 0.15) is 20.8 Å². The number of allylic oxidation sites excluding steroid dienone is 2. The van der Waals surface area contributed by atoms with Crippen LogP contribution in [0, 0.1) is 23.2 Å². The van der Waals surface area contributed by atoms with E-state index in [0.717, 1.165) is 5.57 Å². The van der Waals surface area contributed by atoms with Gasteiger partial charge in [-0.05, 0) is 6.92 Å². The molecule has 0 aliphatic heterocycles. The van der Waals surface area contributed by atoms with Crippen LogP contribution in [0.25, 0.3) is 0 Å². The highest BCUT2D eigenvalue weighted by atomic mass is 14.3. The summed E-state index contributed by atoms with van der Waals surface area (Å²) in [6, 6.07) is 0. The van der Waals surface area contributed by atoms with Crippen LogP contribution in [-0.4, -0.2) is 6.21 Å². The first-order chi connectivity index (χ1) is 4.70. The SMILES string of the molecule is C/C=C(/C#CC(C)C)C=N. The lowest BCUT2D eigenvalue weighted by Crippen LogP contribution is -1.81. The minimum absolute atomic E-state index is 0.384. The van der Waals surface area contributed by atoms with Crippen molar-refractivity contribution in [2.75, 3.05) is 0 Å². The zero-order chi connectivity index (χ0) is 7.98. The highest BCUT2D eigenvalue weighted by molar-refractivity contribution is 5.81. The molecule has 0 unspecified atom stereocenters. The molecule has 0 heterocycles. The number of hydrogen-bond donors (Lipinski definition) is 1. The predicted molar refractivity (Wildman–Crippen MR) is 45.2 cm³/mol. The smallest absolute Gasteiger partial charge is 0.0378 e. The minimum Gasteiger partial charge on any atom is -0.307 e. The standard InChI is InChI=1S/C9H13N/c1-4-9(7-10)6-5-8(2)3/h4,7-8,10H,1-3H3/b9-4-,10-7?. The van der Waals surface area contributed by atoms with Gasteiger partial charge in [-0.25, -0.2) is 0 Å². The number of rotatable bonds is 1. The van der Waals surface area contributed by atoms with Gasteiger partial charge in [-0.1, -0.05) is 31.8 Å². The average molecular weight is 135 g/mol. The Balaban J connectivity index is 4.14. The summed E-state index contributed by atoms with van der Waals surface area (Å²) in [5, 5.41) is 6.91. The molecule has 0 aliphatic carbocycles. The van der Waals surface area contributed by atoms with Crippen LogP contribution >= 0.6 is 0 Å². The molecule has 0 spiro atoms. The molecule has 0 radical (unpaired) electrons. The largest absolute Gasteiger partial charge is 0.307 e. The van der Waals surface area contributed by atoms with E-state index in [-0.39, 0.29) is 0 Å². The van der Waals surface area contributed by atoms with Crippen LogP contribution in [0.2, 0.25) is 0 Å². The molecule has 0 fully saturated rings. The van der Waals surface area contributed by atoms with Gasteiger partial charge in [-0.3, -0.25) is 0 Å². The normalized spacial score (nSPS) is 10.6. The molecule has 1 heteroatoms. The third-order valence-corrected chi connectivity index (χ3v) is 0.972. The summed E-state index contributed by atoms with van der Waals surface area (Å²) in [5.74, 6) is 6.25. The lowest BCUT2D eigenvalue weighted by molar-refractivity contribution is 0.867. The van der Waals surface area contributed by atoms with Crippen LogP contribution in [0.15, 0.2) is 11.6 Å². The Morgan fingerprint density at radius 2 is 2.10 bits per heavy atom. The van der Waals surface area contributed by atoms with Crippen molar-refractivity contribution in [3.05, 3.63) is 11.6 Å². The van der Waals surface area contributed by atoms with Gasteiger partial charge in [0.2, 0.25) is 0 Å². The predicted octanol–water partition coefficient (Wildman–Crippen LogP) is 2.24. The molecular weight excluding hydrogens is 122 g/mol. The average Bonchev–Trinajstić information content (AvgIpc) is 1.90. The van der Waals surface area contributed by atoms with E-state index in [2.05, 4.69) is 11.8 Å². The van der Waals surface area contributed by atoms with E-state index in [9.17, 15) is 0 Å². The summed E-state index contributed by atoms with van der Waals surface area (Å²) in [6.07, 6.45) is 3.11. The van der Waals surface area contributed by atoms with E-state index in [4.69, 9.17) is 5.41 Å². The van der Waals surface area contributed by atoms with Crippen molar-refractivity contribution >= 4 is 6.21 Å². The fraction of sp³-hybridized carbons (Fsp3) is 0.444. The summed E-state index contributed by atoms with van der Waals surface area (Å²) in [6.45, 7) is 5.95. The summed E-state index contributed by atoms with van der Waals surface area (Å²) >= 11 is 0. The number of nitrogens with one attached hydrogen (secondary N) is 1. The van der Waals surface area contributed by atoms with Gasteiger partial charge in [0.15, 0.2) is 0 Å². The quantitative estimate of drug-likeness (QED) is 0.421. The first-order valence-corrected chi connectivity index (χ1v) is 3.39. The molecule has 0 saturated heterocycles. The highest BCUT2D eigenvalue weighted by Gasteiger charge is 1.83. The Morgan fingerprint density at radius 1 is 1.50 bits per heavy atom. The maximum atomic E-state index is 6.91. The van der Waals surface area contributed by atoms with Crippen molar-refractivity contribution in [1.29, 1.82) is 5.41 Å². The summed E-state index contributed by atoms with van der Waals surface area (Å²) < 4.78 is 0. The second-order valence-corrected chi connectivity index (χ2v) is 2.31. The molecule has 0 rings (SSSR count). The van der Waals surface area contributed by atoms with E-state index >= 15 is 0 Å². The van der Waals surface area contributed by atoms with Gasteiger partial charge in [0.05, 0.1) is 0 Å². The molecule has 1 nitrogen and oxygen atoms in total. The van der Waals surface area contributed by atoms with Gasteiger partial charge >= 0.3 is 0 Å².